The molecule has 0 bridgehead atoms. The first kappa shape index (κ1) is 21.2. The van der Waals surface area contributed by atoms with Gasteiger partial charge in [-0.2, -0.15) is 11.8 Å². The molecule has 0 saturated heterocycles. The Morgan fingerprint density at radius 1 is 1.36 bits per heavy atom. The van der Waals surface area contributed by atoms with Crippen molar-refractivity contribution in [3.8, 4) is 0 Å². The zero-order valence-corrected chi connectivity index (χ0v) is 16.3. The molecule has 0 saturated carbocycles. The predicted octanol–water partition coefficient (Wildman–Crippen LogP) is 2.01. The summed E-state index contributed by atoms with van der Waals surface area (Å²) in [5, 5.41) is 13.5. The molecule has 0 atom stereocenters. The van der Waals surface area contributed by atoms with Gasteiger partial charge in [0.1, 0.15) is 6.54 Å². The maximum atomic E-state index is 12.1. The molecule has 25 heavy (non-hydrogen) atoms. The predicted molar refractivity (Wildman–Crippen MR) is 101 cm³/mol. The number of hydrogen-bond acceptors (Lipinski definition) is 6. The van der Waals surface area contributed by atoms with Gasteiger partial charge in [0, 0.05) is 29.2 Å². The van der Waals surface area contributed by atoms with Crippen LogP contribution in [0.4, 0.5) is 11.4 Å². The summed E-state index contributed by atoms with van der Waals surface area (Å²) >= 11 is 1.68. The summed E-state index contributed by atoms with van der Waals surface area (Å²) in [5.74, 6) is 0.233. The summed E-state index contributed by atoms with van der Waals surface area (Å²) in [5.41, 5.74) is -0.163. The highest BCUT2D eigenvalue weighted by atomic mass is 32.2. The van der Waals surface area contributed by atoms with Gasteiger partial charge >= 0.3 is 0 Å². The molecule has 0 aromatic heterocycles. The van der Waals surface area contributed by atoms with Crippen LogP contribution in [0.3, 0.4) is 0 Å². The van der Waals surface area contributed by atoms with Crippen LogP contribution in [0.1, 0.15) is 20.8 Å². The Morgan fingerprint density at radius 2 is 2.00 bits per heavy atom. The maximum absolute atomic E-state index is 12.1. The van der Waals surface area contributed by atoms with Crippen LogP contribution in [0.5, 0.6) is 0 Å². The van der Waals surface area contributed by atoms with E-state index in [4.69, 9.17) is 0 Å². The van der Waals surface area contributed by atoms with Crippen LogP contribution >= 0.6 is 11.8 Å². The lowest BCUT2D eigenvalue weighted by atomic mass is 10.3. The van der Waals surface area contributed by atoms with Gasteiger partial charge < -0.3 is 5.32 Å². The summed E-state index contributed by atoms with van der Waals surface area (Å²) in [7, 11) is -3.76. The monoisotopic (exact) mass is 389 g/mol. The second-order valence-electron chi connectivity index (χ2n) is 6.36. The van der Waals surface area contributed by atoms with Crippen molar-refractivity contribution in [1.82, 2.24) is 5.32 Å². The molecule has 1 rings (SSSR count). The maximum Gasteiger partial charge on any atom is 0.271 e. The van der Waals surface area contributed by atoms with Crippen LogP contribution in [0.15, 0.2) is 24.3 Å². The van der Waals surface area contributed by atoms with Crippen LogP contribution in [0, 0.1) is 10.1 Å². The van der Waals surface area contributed by atoms with E-state index in [1.807, 2.05) is 0 Å². The lowest BCUT2D eigenvalue weighted by molar-refractivity contribution is -0.384. The Bertz CT molecular complexity index is 729. The number of nitro benzene ring substituents is 1. The van der Waals surface area contributed by atoms with E-state index in [0.29, 0.717) is 12.3 Å². The van der Waals surface area contributed by atoms with E-state index in [2.05, 4.69) is 26.1 Å². The molecule has 0 aliphatic heterocycles. The van der Waals surface area contributed by atoms with Crippen LogP contribution in [0.25, 0.3) is 0 Å². The van der Waals surface area contributed by atoms with Crippen molar-refractivity contribution in [2.45, 2.75) is 25.5 Å². The quantitative estimate of drug-likeness (QED) is 0.414. The summed E-state index contributed by atoms with van der Waals surface area (Å²) in [6, 6.07) is 5.18. The summed E-state index contributed by atoms with van der Waals surface area (Å²) in [4.78, 5) is 22.3. The van der Waals surface area contributed by atoms with Crippen molar-refractivity contribution in [2.75, 3.05) is 29.4 Å². The number of carbonyl (C=O) groups excluding carboxylic acids is 1. The number of amides is 1. The highest BCUT2D eigenvalue weighted by Gasteiger charge is 2.22. The Hall–Kier alpha value is -1.81. The average molecular weight is 389 g/mol. The van der Waals surface area contributed by atoms with Gasteiger partial charge in [-0.25, -0.2) is 8.42 Å². The van der Waals surface area contributed by atoms with Gasteiger partial charge in [-0.05, 0) is 6.07 Å². The van der Waals surface area contributed by atoms with Gasteiger partial charge in [0.05, 0.1) is 16.9 Å². The normalized spacial score (nSPS) is 11.8. The zero-order valence-electron chi connectivity index (χ0n) is 14.7. The molecule has 0 aliphatic carbocycles. The molecule has 0 unspecified atom stereocenters. The number of rotatable bonds is 8. The highest BCUT2D eigenvalue weighted by Crippen LogP contribution is 2.23. The minimum atomic E-state index is -3.76. The van der Waals surface area contributed by atoms with Crippen LogP contribution < -0.4 is 9.62 Å². The number of sulfonamides is 1. The molecule has 8 nitrogen and oxygen atoms in total. The highest BCUT2D eigenvalue weighted by molar-refractivity contribution is 8.00. The standard InChI is InChI=1S/C15H23N3O5S2/c1-15(2,3)24-9-8-16-14(19)11-17(25(4,22)23)12-6-5-7-13(10-12)18(20)21/h5-7,10H,8-9,11H2,1-4H3,(H,16,19). The molecule has 0 spiro atoms. The van der Waals surface area contributed by atoms with Gasteiger partial charge in [0.2, 0.25) is 15.9 Å². The van der Waals surface area contributed by atoms with E-state index in [9.17, 15) is 23.3 Å². The molecule has 1 aromatic carbocycles. The molecule has 0 heterocycles. The second-order valence-corrected chi connectivity index (χ2v) is 10.2. The SMILES string of the molecule is CC(C)(C)SCCNC(=O)CN(c1cccc([N+](=O)[O-])c1)S(C)(=O)=O. The molecule has 0 fully saturated rings. The Kier molecular flexibility index (Phi) is 7.24. The molecule has 0 aliphatic rings. The number of non-ortho nitro benzene ring substituents is 1. The number of anilines is 1. The molecule has 1 aromatic rings. The van der Waals surface area contributed by atoms with E-state index < -0.39 is 27.4 Å². The second kappa shape index (κ2) is 8.52. The van der Waals surface area contributed by atoms with Crippen molar-refractivity contribution >= 4 is 39.1 Å². The molecular formula is C15H23N3O5S2. The number of nitrogens with zero attached hydrogens (tertiary/aromatic N) is 2. The third kappa shape index (κ3) is 7.74. The van der Waals surface area contributed by atoms with Gasteiger partial charge in [0.15, 0.2) is 0 Å². The first-order valence-corrected chi connectivity index (χ1v) is 10.4. The molecular weight excluding hydrogens is 366 g/mol. The van der Waals surface area contributed by atoms with Gasteiger partial charge in [0.25, 0.3) is 5.69 Å². The number of carbonyl (C=O) groups is 1. The lowest BCUT2D eigenvalue weighted by Gasteiger charge is -2.22. The number of nitrogens with one attached hydrogen (secondary N) is 1. The van der Waals surface area contributed by atoms with E-state index >= 15 is 0 Å². The van der Waals surface area contributed by atoms with E-state index in [-0.39, 0.29) is 16.1 Å². The number of nitro groups is 1. The fourth-order valence-corrected chi connectivity index (χ4v) is 3.56. The third-order valence-electron chi connectivity index (χ3n) is 2.98. The first-order chi connectivity index (χ1) is 11.4. The minimum Gasteiger partial charge on any atom is -0.354 e. The van der Waals surface area contributed by atoms with E-state index in [1.165, 1.54) is 18.2 Å². The smallest absolute Gasteiger partial charge is 0.271 e. The van der Waals surface area contributed by atoms with E-state index in [0.717, 1.165) is 16.6 Å². The fourth-order valence-electron chi connectivity index (χ4n) is 1.90. The van der Waals surface area contributed by atoms with Gasteiger partial charge in [-0.1, -0.05) is 26.8 Å². The third-order valence-corrected chi connectivity index (χ3v) is 5.39. The fraction of sp³-hybridized carbons (Fsp3) is 0.533. The van der Waals surface area contributed by atoms with Crippen molar-refractivity contribution in [3.05, 3.63) is 34.4 Å². The van der Waals surface area contributed by atoms with Gasteiger partial charge in [-0.3, -0.25) is 19.2 Å². The largest absolute Gasteiger partial charge is 0.354 e. The van der Waals surface area contributed by atoms with Crippen LogP contribution in [0.2, 0.25) is 0 Å². The molecule has 1 N–H and O–H groups in total. The lowest BCUT2D eigenvalue weighted by Crippen LogP contribution is -2.41. The topological polar surface area (TPSA) is 110 Å². The summed E-state index contributed by atoms with van der Waals surface area (Å²) in [6.45, 7) is 6.17. The van der Waals surface area contributed by atoms with Crippen LogP contribution in [-0.4, -0.2) is 49.1 Å². The van der Waals surface area contributed by atoms with Gasteiger partial charge in [-0.15, -0.1) is 0 Å². The molecule has 10 heteroatoms. The van der Waals surface area contributed by atoms with Crippen molar-refractivity contribution < 1.29 is 18.1 Å². The van der Waals surface area contributed by atoms with Crippen molar-refractivity contribution in [1.29, 1.82) is 0 Å². The number of thioether (sulfide) groups is 1. The average Bonchev–Trinajstić information content (AvgIpc) is 2.47. The Labute approximate surface area is 152 Å². The molecule has 140 valence electrons. The number of benzene rings is 1. The zero-order chi connectivity index (χ0) is 19.3. The van der Waals surface area contributed by atoms with Crippen molar-refractivity contribution in [3.63, 3.8) is 0 Å². The van der Waals surface area contributed by atoms with Crippen LogP contribution in [-0.2, 0) is 14.8 Å². The minimum absolute atomic E-state index is 0.0759. The Morgan fingerprint density at radius 3 is 2.52 bits per heavy atom. The summed E-state index contributed by atoms with van der Waals surface area (Å²) < 4.78 is 24.9. The molecule has 1 amide bonds. The number of hydrogen-bond donors (Lipinski definition) is 1. The van der Waals surface area contributed by atoms with Crippen molar-refractivity contribution in [2.24, 2.45) is 0 Å². The first-order valence-electron chi connectivity index (χ1n) is 7.53. The molecule has 0 radical (unpaired) electrons. The Balaban J connectivity index is 2.80. The summed E-state index contributed by atoms with van der Waals surface area (Å²) in [6.07, 6.45) is 0.953. The van der Waals surface area contributed by atoms with E-state index in [1.54, 1.807) is 11.8 Å².